The third-order valence-corrected chi connectivity index (χ3v) is 5.06. The van der Waals surface area contributed by atoms with E-state index in [0.717, 1.165) is 30.2 Å². The second kappa shape index (κ2) is 5.86. The number of halogens is 1. The van der Waals surface area contributed by atoms with Crippen LogP contribution in [-0.4, -0.2) is 30.6 Å². The SMILES string of the molecule is Cc1nc(C2CC2)nc(SCc2nnsc2Cl)c1C(=O)O. The van der Waals surface area contributed by atoms with Crippen molar-refractivity contribution in [3.63, 3.8) is 0 Å². The Morgan fingerprint density at radius 2 is 2.24 bits per heavy atom. The number of nitrogens with zero attached hydrogens (tertiary/aromatic N) is 4. The lowest BCUT2D eigenvalue weighted by molar-refractivity contribution is 0.0690. The molecule has 3 rings (SSSR count). The van der Waals surface area contributed by atoms with Crippen LogP contribution in [0.4, 0.5) is 0 Å². The van der Waals surface area contributed by atoms with Gasteiger partial charge in [-0.05, 0) is 19.8 Å². The van der Waals surface area contributed by atoms with Crippen LogP contribution in [0.1, 0.15) is 46.3 Å². The Balaban J connectivity index is 1.91. The smallest absolute Gasteiger partial charge is 0.340 e. The van der Waals surface area contributed by atoms with E-state index in [2.05, 4.69) is 19.6 Å². The maximum absolute atomic E-state index is 11.4. The Bertz CT molecular complexity index is 703. The van der Waals surface area contributed by atoms with E-state index in [-0.39, 0.29) is 5.56 Å². The van der Waals surface area contributed by atoms with Crippen molar-refractivity contribution < 1.29 is 9.90 Å². The Morgan fingerprint density at radius 3 is 2.81 bits per heavy atom. The van der Waals surface area contributed by atoms with E-state index in [1.165, 1.54) is 11.8 Å². The van der Waals surface area contributed by atoms with E-state index in [9.17, 15) is 9.90 Å². The van der Waals surface area contributed by atoms with Crippen LogP contribution < -0.4 is 0 Å². The van der Waals surface area contributed by atoms with Crippen LogP contribution in [0.15, 0.2) is 5.03 Å². The fourth-order valence-electron chi connectivity index (χ4n) is 1.86. The minimum absolute atomic E-state index is 0.156. The highest BCUT2D eigenvalue weighted by Gasteiger charge is 2.29. The van der Waals surface area contributed by atoms with Gasteiger partial charge >= 0.3 is 5.97 Å². The zero-order chi connectivity index (χ0) is 15.0. The van der Waals surface area contributed by atoms with Gasteiger partial charge in [-0.15, -0.1) is 5.10 Å². The molecule has 0 bridgehead atoms. The number of hydrogen-bond acceptors (Lipinski definition) is 7. The maximum Gasteiger partial charge on any atom is 0.340 e. The summed E-state index contributed by atoms with van der Waals surface area (Å²) >= 11 is 8.38. The number of carboxylic acid groups (broad SMARTS) is 1. The highest BCUT2D eigenvalue weighted by Crippen LogP contribution is 2.39. The molecule has 0 spiro atoms. The first-order chi connectivity index (χ1) is 10.1. The molecule has 1 fully saturated rings. The van der Waals surface area contributed by atoms with Crippen molar-refractivity contribution in [2.45, 2.75) is 36.5 Å². The van der Waals surface area contributed by atoms with Gasteiger partial charge in [0.1, 0.15) is 26.4 Å². The molecule has 1 aliphatic rings. The molecule has 110 valence electrons. The summed E-state index contributed by atoms with van der Waals surface area (Å²) in [5.74, 6) is 0.536. The van der Waals surface area contributed by atoms with Gasteiger partial charge in [0.2, 0.25) is 0 Å². The van der Waals surface area contributed by atoms with E-state index < -0.39 is 5.97 Å². The van der Waals surface area contributed by atoms with Crippen LogP contribution in [0.5, 0.6) is 0 Å². The first-order valence-corrected chi connectivity index (χ1v) is 8.41. The summed E-state index contributed by atoms with van der Waals surface area (Å²) < 4.78 is 4.28. The summed E-state index contributed by atoms with van der Waals surface area (Å²) in [5.41, 5.74) is 1.31. The summed E-state index contributed by atoms with van der Waals surface area (Å²) in [4.78, 5) is 20.2. The van der Waals surface area contributed by atoms with Crippen molar-refractivity contribution in [3.05, 3.63) is 27.1 Å². The molecule has 2 aromatic heterocycles. The lowest BCUT2D eigenvalue weighted by atomic mass is 10.2. The lowest BCUT2D eigenvalue weighted by Crippen LogP contribution is -2.09. The Hall–Kier alpha value is -1.25. The highest BCUT2D eigenvalue weighted by molar-refractivity contribution is 7.98. The highest BCUT2D eigenvalue weighted by atomic mass is 35.5. The van der Waals surface area contributed by atoms with Crippen molar-refractivity contribution in [1.29, 1.82) is 0 Å². The number of hydrogen-bond donors (Lipinski definition) is 1. The average Bonchev–Trinajstić information content (AvgIpc) is 3.19. The van der Waals surface area contributed by atoms with Gasteiger partial charge in [-0.1, -0.05) is 27.9 Å². The van der Waals surface area contributed by atoms with Gasteiger partial charge < -0.3 is 5.11 Å². The van der Waals surface area contributed by atoms with Crippen molar-refractivity contribution in [2.24, 2.45) is 0 Å². The van der Waals surface area contributed by atoms with Gasteiger partial charge in [0, 0.05) is 23.2 Å². The molecular weight excluding hydrogens is 332 g/mol. The van der Waals surface area contributed by atoms with Crippen molar-refractivity contribution in [2.75, 3.05) is 0 Å². The molecule has 6 nitrogen and oxygen atoms in total. The molecular formula is C12H11ClN4O2S2. The fourth-order valence-corrected chi connectivity index (χ4v) is 3.67. The lowest BCUT2D eigenvalue weighted by Gasteiger charge is -2.09. The second-order valence-corrected chi connectivity index (χ2v) is 7.03. The predicted molar refractivity (Wildman–Crippen MR) is 80.2 cm³/mol. The van der Waals surface area contributed by atoms with Gasteiger partial charge in [0.05, 0.1) is 5.69 Å². The molecule has 0 radical (unpaired) electrons. The number of aromatic carboxylic acids is 1. The number of aryl methyl sites for hydroxylation is 1. The molecule has 0 saturated heterocycles. The molecule has 2 heterocycles. The Labute approximate surface area is 134 Å². The molecule has 1 aliphatic carbocycles. The number of aromatic nitrogens is 4. The van der Waals surface area contributed by atoms with Crippen LogP contribution in [0.3, 0.4) is 0 Å². The molecule has 1 saturated carbocycles. The Morgan fingerprint density at radius 1 is 1.48 bits per heavy atom. The summed E-state index contributed by atoms with van der Waals surface area (Å²) in [6, 6.07) is 0. The fraction of sp³-hybridized carbons (Fsp3) is 0.417. The molecule has 1 N–H and O–H groups in total. The molecule has 0 aliphatic heterocycles. The zero-order valence-electron chi connectivity index (χ0n) is 11.0. The van der Waals surface area contributed by atoms with Crippen LogP contribution in [0.25, 0.3) is 0 Å². The minimum Gasteiger partial charge on any atom is -0.478 e. The molecule has 9 heteroatoms. The van der Waals surface area contributed by atoms with Crippen LogP contribution in [0, 0.1) is 6.92 Å². The van der Waals surface area contributed by atoms with E-state index >= 15 is 0 Å². The summed E-state index contributed by atoms with van der Waals surface area (Å²) in [6.07, 6.45) is 2.13. The number of rotatable bonds is 5. The molecule has 2 aromatic rings. The van der Waals surface area contributed by atoms with Crippen LogP contribution in [0.2, 0.25) is 4.34 Å². The first kappa shape index (κ1) is 14.7. The maximum atomic E-state index is 11.4. The molecule has 0 amide bonds. The first-order valence-electron chi connectivity index (χ1n) is 6.27. The Kier molecular flexibility index (Phi) is 4.10. The molecule has 21 heavy (non-hydrogen) atoms. The van der Waals surface area contributed by atoms with E-state index in [1.807, 2.05) is 0 Å². The van der Waals surface area contributed by atoms with Gasteiger partial charge in [0.25, 0.3) is 0 Å². The standard InChI is InChI=1S/C12H11ClN4O2S2/c1-5-8(12(18)19)11(15-10(14-5)6-2-3-6)20-4-7-9(13)21-17-16-7/h6H,2-4H2,1H3,(H,18,19). The second-order valence-electron chi connectivity index (χ2n) is 4.71. The topological polar surface area (TPSA) is 88.9 Å². The third-order valence-electron chi connectivity index (χ3n) is 3.09. The van der Waals surface area contributed by atoms with Gasteiger partial charge in [-0.2, -0.15) is 0 Å². The van der Waals surface area contributed by atoms with E-state index in [1.54, 1.807) is 6.92 Å². The quantitative estimate of drug-likeness (QED) is 0.659. The van der Waals surface area contributed by atoms with Crippen molar-refractivity contribution in [3.8, 4) is 0 Å². The van der Waals surface area contributed by atoms with Crippen LogP contribution in [-0.2, 0) is 5.75 Å². The monoisotopic (exact) mass is 342 g/mol. The third kappa shape index (κ3) is 3.17. The number of thioether (sulfide) groups is 1. The van der Waals surface area contributed by atoms with Gasteiger partial charge in [0.15, 0.2) is 0 Å². The van der Waals surface area contributed by atoms with Crippen molar-refractivity contribution in [1.82, 2.24) is 19.6 Å². The summed E-state index contributed by atoms with van der Waals surface area (Å²) in [6.45, 7) is 1.71. The summed E-state index contributed by atoms with van der Waals surface area (Å²) in [5, 5.41) is 13.8. The van der Waals surface area contributed by atoms with Crippen LogP contribution >= 0.6 is 34.9 Å². The zero-order valence-corrected chi connectivity index (χ0v) is 13.4. The summed E-state index contributed by atoms with van der Waals surface area (Å²) in [7, 11) is 0. The number of carbonyl (C=O) groups is 1. The van der Waals surface area contributed by atoms with Gasteiger partial charge in [-0.3, -0.25) is 0 Å². The normalized spacial score (nSPS) is 14.4. The van der Waals surface area contributed by atoms with Gasteiger partial charge in [-0.25, -0.2) is 14.8 Å². The van der Waals surface area contributed by atoms with E-state index in [0.29, 0.717) is 32.4 Å². The average molecular weight is 343 g/mol. The number of carboxylic acids is 1. The van der Waals surface area contributed by atoms with Crippen molar-refractivity contribution >= 4 is 40.9 Å². The van der Waals surface area contributed by atoms with E-state index in [4.69, 9.17) is 11.6 Å². The molecule has 0 unspecified atom stereocenters. The predicted octanol–water partition coefficient (Wildman–Crippen LogP) is 3.16. The molecule has 0 aromatic carbocycles. The minimum atomic E-state index is -1.01. The largest absolute Gasteiger partial charge is 0.478 e. The molecule has 0 atom stereocenters.